The Kier molecular flexibility index (Phi) is 3.53. The third-order valence-electron chi connectivity index (χ3n) is 2.42. The fourth-order valence-electron chi connectivity index (χ4n) is 1.57. The number of nitrogens with zero attached hydrogens (tertiary/aromatic N) is 1. The van der Waals surface area contributed by atoms with Crippen molar-refractivity contribution in [3.05, 3.63) is 65.2 Å². The molecule has 0 heterocycles. The molecular weight excluding hydrogens is 250 g/mol. The maximum Gasteiger partial charge on any atom is 0.255 e. The van der Waals surface area contributed by atoms with Crippen LogP contribution in [0.4, 0.5) is 14.5 Å². The molecule has 0 aliphatic heterocycles. The molecule has 0 saturated carbocycles. The highest BCUT2D eigenvalue weighted by molar-refractivity contribution is 6.04. The van der Waals surface area contributed by atoms with Crippen LogP contribution in [0, 0.1) is 23.0 Å². The summed E-state index contributed by atoms with van der Waals surface area (Å²) < 4.78 is 26.0. The number of nitriles is 1. The number of carbonyl (C=O) groups excluding carboxylic acids is 1. The van der Waals surface area contributed by atoms with Crippen LogP contribution in [0.3, 0.4) is 0 Å². The van der Waals surface area contributed by atoms with Crippen molar-refractivity contribution >= 4 is 11.6 Å². The molecule has 1 N–H and O–H groups in total. The summed E-state index contributed by atoms with van der Waals surface area (Å²) in [5.41, 5.74) is 0.414. The van der Waals surface area contributed by atoms with Crippen LogP contribution in [0.2, 0.25) is 0 Å². The van der Waals surface area contributed by atoms with Gasteiger partial charge < -0.3 is 5.32 Å². The molecule has 0 radical (unpaired) electrons. The van der Waals surface area contributed by atoms with Crippen molar-refractivity contribution in [2.75, 3.05) is 5.32 Å². The Labute approximate surface area is 108 Å². The van der Waals surface area contributed by atoms with E-state index in [1.807, 2.05) is 6.07 Å². The summed E-state index contributed by atoms with van der Waals surface area (Å²) in [5, 5.41) is 11.3. The molecule has 0 aromatic heterocycles. The van der Waals surface area contributed by atoms with E-state index in [0.717, 1.165) is 12.1 Å². The van der Waals surface area contributed by atoms with Crippen LogP contribution in [-0.4, -0.2) is 5.91 Å². The second kappa shape index (κ2) is 5.27. The minimum atomic E-state index is -0.835. The molecule has 0 aliphatic carbocycles. The molecule has 0 fully saturated rings. The fraction of sp³-hybridized carbons (Fsp3) is 0. The molecule has 0 bridgehead atoms. The van der Waals surface area contributed by atoms with E-state index in [2.05, 4.69) is 5.32 Å². The normalized spacial score (nSPS) is 9.74. The monoisotopic (exact) mass is 258 g/mol. The van der Waals surface area contributed by atoms with Gasteiger partial charge in [0.2, 0.25) is 0 Å². The molecule has 5 heteroatoms. The number of benzene rings is 2. The van der Waals surface area contributed by atoms with Crippen molar-refractivity contribution in [3.63, 3.8) is 0 Å². The van der Waals surface area contributed by atoms with E-state index >= 15 is 0 Å². The van der Waals surface area contributed by atoms with Crippen molar-refractivity contribution in [2.24, 2.45) is 0 Å². The third-order valence-corrected chi connectivity index (χ3v) is 2.42. The van der Waals surface area contributed by atoms with Crippen LogP contribution in [0.25, 0.3) is 0 Å². The van der Waals surface area contributed by atoms with Crippen molar-refractivity contribution < 1.29 is 13.6 Å². The zero-order valence-electron chi connectivity index (χ0n) is 9.65. The molecule has 94 valence electrons. The highest BCUT2D eigenvalue weighted by Crippen LogP contribution is 2.16. The van der Waals surface area contributed by atoms with Crippen LogP contribution in [0.5, 0.6) is 0 Å². The molecule has 0 atom stereocenters. The molecule has 0 saturated heterocycles. The van der Waals surface area contributed by atoms with Gasteiger partial charge in [-0.25, -0.2) is 8.78 Å². The molecule has 3 nitrogen and oxygen atoms in total. The maximum absolute atomic E-state index is 13.0. The first-order chi connectivity index (χ1) is 9.10. The molecule has 1 amide bonds. The molecule has 2 aromatic carbocycles. The summed E-state index contributed by atoms with van der Waals surface area (Å²) in [6.07, 6.45) is 0. The molecule has 0 unspecified atom stereocenters. The lowest BCUT2D eigenvalue weighted by molar-refractivity contribution is 0.102. The summed E-state index contributed by atoms with van der Waals surface area (Å²) in [6.45, 7) is 0. The Hall–Kier alpha value is -2.74. The van der Waals surface area contributed by atoms with Crippen molar-refractivity contribution in [1.82, 2.24) is 0 Å². The Morgan fingerprint density at radius 2 is 1.74 bits per heavy atom. The van der Waals surface area contributed by atoms with Gasteiger partial charge in [0.05, 0.1) is 11.3 Å². The quantitative estimate of drug-likeness (QED) is 0.899. The average molecular weight is 258 g/mol. The number of halogens is 2. The van der Waals surface area contributed by atoms with E-state index in [-0.39, 0.29) is 11.1 Å². The molecule has 19 heavy (non-hydrogen) atoms. The van der Waals surface area contributed by atoms with Gasteiger partial charge in [0.15, 0.2) is 0 Å². The lowest BCUT2D eigenvalue weighted by atomic mass is 10.1. The number of amides is 1. The lowest BCUT2D eigenvalue weighted by Gasteiger charge is -2.07. The third kappa shape index (κ3) is 2.93. The first-order valence-corrected chi connectivity index (χ1v) is 5.37. The number of nitrogens with one attached hydrogen (secondary N) is 1. The Balaban J connectivity index is 2.29. The van der Waals surface area contributed by atoms with Gasteiger partial charge in [-0.05, 0) is 24.3 Å². The number of anilines is 1. The first kappa shape index (κ1) is 12.7. The summed E-state index contributed by atoms with van der Waals surface area (Å²) >= 11 is 0. The standard InChI is InChI=1S/C14H8F2N2O/c15-11-5-10(6-12(16)7-11)14(19)18-13-4-2-1-3-9(13)8-17/h1-7H,(H,18,19). The molecule has 2 aromatic rings. The van der Waals surface area contributed by atoms with Gasteiger partial charge in [-0.1, -0.05) is 12.1 Å². The predicted octanol–water partition coefficient (Wildman–Crippen LogP) is 3.09. The average Bonchev–Trinajstić information content (AvgIpc) is 2.38. The summed E-state index contributed by atoms with van der Waals surface area (Å²) in [6, 6.07) is 10.8. The zero-order chi connectivity index (χ0) is 13.8. The van der Waals surface area contributed by atoms with E-state index in [4.69, 9.17) is 5.26 Å². The topological polar surface area (TPSA) is 52.9 Å². The minimum Gasteiger partial charge on any atom is -0.321 e. The SMILES string of the molecule is N#Cc1ccccc1NC(=O)c1cc(F)cc(F)c1. The molecule has 0 spiro atoms. The molecule has 2 rings (SSSR count). The summed E-state index contributed by atoms with van der Waals surface area (Å²) in [4.78, 5) is 11.8. The Morgan fingerprint density at radius 1 is 1.11 bits per heavy atom. The second-order valence-corrected chi connectivity index (χ2v) is 3.77. The second-order valence-electron chi connectivity index (χ2n) is 3.77. The van der Waals surface area contributed by atoms with Crippen molar-refractivity contribution in [3.8, 4) is 6.07 Å². The van der Waals surface area contributed by atoms with Crippen LogP contribution in [-0.2, 0) is 0 Å². The van der Waals surface area contributed by atoms with E-state index < -0.39 is 17.5 Å². The predicted molar refractivity (Wildman–Crippen MR) is 65.5 cm³/mol. The number of hydrogen-bond donors (Lipinski definition) is 1. The highest BCUT2D eigenvalue weighted by atomic mass is 19.1. The molecular formula is C14H8F2N2O. The van der Waals surface area contributed by atoms with Crippen molar-refractivity contribution in [2.45, 2.75) is 0 Å². The fourth-order valence-corrected chi connectivity index (χ4v) is 1.57. The van der Waals surface area contributed by atoms with Gasteiger partial charge in [0.1, 0.15) is 17.7 Å². The van der Waals surface area contributed by atoms with Gasteiger partial charge in [0.25, 0.3) is 5.91 Å². The van der Waals surface area contributed by atoms with Gasteiger partial charge in [-0.3, -0.25) is 4.79 Å². The Bertz CT molecular complexity index is 657. The van der Waals surface area contributed by atoms with Gasteiger partial charge >= 0.3 is 0 Å². The number of carbonyl (C=O) groups is 1. The molecule has 0 aliphatic rings. The van der Waals surface area contributed by atoms with Crippen LogP contribution < -0.4 is 5.32 Å². The van der Waals surface area contributed by atoms with Crippen LogP contribution in [0.1, 0.15) is 15.9 Å². The zero-order valence-corrected chi connectivity index (χ0v) is 9.65. The van der Waals surface area contributed by atoms with Crippen molar-refractivity contribution in [1.29, 1.82) is 5.26 Å². The van der Waals surface area contributed by atoms with Crippen LogP contribution >= 0.6 is 0 Å². The lowest BCUT2D eigenvalue weighted by Crippen LogP contribution is -2.13. The van der Waals surface area contributed by atoms with E-state index in [1.165, 1.54) is 12.1 Å². The van der Waals surface area contributed by atoms with Gasteiger partial charge in [-0.2, -0.15) is 5.26 Å². The first-order valence-electron chi connectivity index (χ1n) is 5.37. The number of para-hydroxylation sites is 1. The van der Waals surface area contributed by atoms with E-state index in [9.17, 15) is 13.6 Å². The summed E-state index contributed by atoms with van der Waals surface area (Å²) in [5.74, 6) is -2.35. The largest absolute Gasteiger partial charge is 0.321 e. The minimum absolute atomic E-state index is 0.148. The number of hydrogen-bond acceptors (Lipinski definition) is 2. The van der Waals surface area contributed by atoms with Gasteiger partial charge in [-0.15, -0.1) is 0 Å². The summed E-state index contributed by atoms with van der Waals surface area (Å²) in [7, 11) is 0. The van der Waals surface area contributed by atoms with Gasteiger partial charge in [0, 0.05) is 11.6 Å². The number of rotatable bonds is 2. The van der Waals surface area contributed by atoms with E-state index in [0.29, 0.717) is 11.8 Å². The maximum atomic E-state index is 13.0. The van der Waals surface area contributed by atoms with E-state index in [1.54, 1.807) is 12.1 Å². The highest BCUT2D eigenvalue weighted by Gasteiger charge is 2.11. The Morgan fingerprint density at radius 3 is 2.37 bits per heavy atom. The smallest absolute Gasteiger partial charge is 0.255 e. The van der Waals surface area contributed by atoms with Crippen LogP contribution in [0.15, 0.2) is 42.5 Å².